The van der Waals surface area contributed by atoms with Crippen molar-refractivity contribution in [3.05, 3.63) is 137 Å². The zero-order valence-electron chi connectivity index (χ0n) is 21.8. The highest BCUT2D eigenvalue weighted by Crippen LogP contribution is 2.39. The highest BCUT2D eigenvalue weighted by atomic mass is 32.2. The largest absolute Gasteiger partial charge is 0.392 e. The van der Waals surface area contributed by atoms with Gasteiger partial charge in [-0.05, 0) is 41.0 Å². The number of rotatable bonds is 8. The highest BCUT2D eigenvalue weighted by Gasteiger charge is 2.35. The Bertz CT molecular complexity index is 1450. The van der Waals surface area contributed by atoms with Crippen molar-refractivity contribution in [1.82, 2.24) is 4.90 Å². The van der Waals surface area contributed by atoms with Gasteiger partial charge in [0.25, 0.3) is 11.8 Å². The van der Waals surface area contributed by atoms with Crippen LogP contribution in [0.15, 0.2) is 108 Å². The van der Waals surface area contributed by atoms with Crippen LogP contribution in [0, 0.1) is 0 Å². The van der Waals surface area contributed by atoms with Gasteiger partial charge in [0.05, 0.1) is 36.5 Å². The average molecular weight is 552 g/mol. The summed E-state index contributed by atoms with van der Waals surface area (Å²) in [6, 6.07) is 32.8. The zero-order chi connectivity index (χ0) is 27.5. The van der Waals surface area contributed by atoms with Crippen LogP contribution in [0.4, 0.5) is 0 Å². The number of ether oxygens (including phenoxy) is 2. The molecule has 1 fully saturated rings. The molecule has 2 aliphatic rings. The van der Waals surface area contributed by atoms with Gasteiger partial charge in [0.2, 0.25) is 0 Å². The third-order valence-corrected chi connectivity index (χ3v) is 8.41. The first kappa shape index (κ1) is 26.5. The van der Waals surface area contributed by atoms with Gasteiger partial charge in [0.1, 0.15) is 0 Å². The predicted molar refractivity (Wildman–Crippen MR) is 153 cm³/mol. The lowest BCUT2D eigenvalue weighted by molar-refractivity contribution is -0.245. The van der Waals surface area contributed by atoms with Crippen molar-refractivity contribution in [1.29, 1.82) is 0 Å². The number of fused-ring (bicyclic) bond motifs is 1. The van der Waals surface area contributed by atoms with E-state index >= 15 is 0 Å². The number of benzene rings is 4. The van der Waals surface area contributed by atoms with E-state index in [1.54, 1.807) is 36.0 Å². The Morgan fingerprint density at radius 1 is 0.725 bits per heavy atom. The average Bonchev–Trinajstić information content (AvgIpc) is 3.25. The standard InChI is InChI=1S/C33H29NO5S/c35-20-23-12-14-24(15-13-23)30-18-26(21-40-27-6-2-1-3-7-27)38-33(39-30)25-16-10-22(11-17-25)19-34-31(36)28-8-4-5-9-29(28)32(34)37/h1-17,26,30,33,35H,18-21H2/t26-,30+,33+/m0/s1. The SMILES string of the molecule is O=C1c2ccccc2C(=O)N1Cc1ccc([C@@H]2O[C@H](CSc3ccccc3)C[C@H](c3ccc(CO)cc3)O2)cc1. The van der Waals surface area contributed by atoms with Crippen LogP contribution < -0.4 is 0 Å². The van der Waals surface area contributed by atoms with Gasteiger partial charge in [-0.2, -0.15) is 0 Å². The molecule has 6 nitrogen and oxygen atoms in total. The van der Waals surface area contributed by atoms with Gasteiger partial charge in [-0.3, -0.25) is 14.5 Å². The van der Waals surface area contributed by atoms with E-state index in [-0.39, 0.29) is 37.2 Å². The summed E-state index contributed by atoms with van der Waals surface area (Å²) < 4.78 is 12.9. The molecule has 4 aromatic carbocycles. The van der Waals surface area contributed by atoms with E-state index in [1.807, 2.05) is 66.7 Å². The summed E-state index contributed by atoms with van der Waals surface area (Å²) in [6.07, 6.45) is -0.0477. The fraction of sp³-hybridized carbons (Fsp3) is 0.212. The molecule has 6 rings (SSSR count). The molecule has 202 valence electrons. The minimum atomic E-state index is -0.564. The quantitative estimate of drug-likeness (QED) is 0.204. The Balaban J connectivity index is 1.18. The Morgan fingerprint density at radius 2 is 1.32 bits per heavy atom. The van der Waals surface area contributed by atoms with Crippen LogP contribution in [0.25, 0.3) is 0 Å². The van der Waals surface area contributed by atoms with Gasteiger partial charge in [-0.1, -0.05) is 78.9 Å². The zero-order valence-corrected chi connectivity index (χ0v) is 22.6. The first-order valence-electron chi connectivity index (χ1n) is 13.3. The molecule has 0 aliphatic carbocycles. The van der Waals surface area contributed by atoms with Gasteiger partial charge in [0, 0.05) is 22.6 Å². The van der Waals surface area contributed by atoms with E-state index in [0.29, 0.717) is 17.5 Å². The highest BCUT2D eigenvalue weighted by molar-refractivity contribution is 7.99. The fourth-order valence-corrected chi connectivity index (χ4v) is 6.02. The first-order valence-corrected chi connectivity index (χ1v) is 14.3. The number of thioether (sulfide) groups is 1. The summed E-state index contributed by atoms with van der Waals surface area (Å²) in [6.45, 7) is 0.204. The molecule has 1 saturated heterocycles. The second kappa shape index (κ2) is 11.8. The molecule has 3 atom stereocenters. The van der Waals surface area contributed by atoms with Crippen molar-refractivity contribution >= 4 is 23.6 Å². The summed E-state index contributed by atoms with van der Waals surface area (Å²) >= 11 is 1.76. The van der Waals surface area contributed by atoms with Crippen molar-refractivity contribution < 1.29 is 24.2 Å². The Morgan fingerprint density at radius 3 is 1.98 bits per heavy atom. The Hall–Kier alpha value is -3.75. The second-order valence-electron chi connectivity index (χ2n) is 9.96. The van der Waals surface area contributed by atoms with Crippen molar-refractivity contribution in [2.45, 2.75) is 43.0 Å². The fourth-order valence-electron chi connectivity index (χ4n) is 5.07. The smallest absolute Gasteiger partial charge is 0.261 e. The molecular weight excluding hydrogens is 522 g/mol. The van der Waals surface area contributed by atoms with Crippen molar-refractivity contribution in [2.24, 2.45) is 0 Å². The maximum absolute atomic E-state index is 12.8. The number of nitrogens with zero attached hydrogens (tertiary/aromatic N) is 1. The van der Waals surface area contributed by atoms with E-state index in [4.69, 9.17) is 9.47 Å². The molecule has 7 heteroatoms. The molecule has 40 heavy (non-hydrogen) atoms. The van der Waals surface area contributed by atoms with Gasteiger partial charge in [-0.15, -0.1) is 11.8 Å². The van der Waals surface area contributed by atoms with Crippen LogP contribution in [0.2, 0.25) is 0 Å². The first-order chi connectivity index (χ1) is 19.6. The number of amides is 2. The molecule has 0 saturated carbocycles. The Labute approximate surface area is 237 Å². The van der Waals surface area contributed by atoms with Crippen molar-refractivity contribution in [3.8, 4) is 0 Å². The van der Waals surface area contributed by atoms with Gasteiger partial charge in [-0.25, -0.2) is 0 Å². The van der Waals surface area contributed by atoms with E-state index in [0.717, 1.165) is 28.0 Å². The lowest BCUT2D eigenvalue weighted by Gasteiger charge is -2.36. The van der Waals surface area contributed by atoms with Gasteiger partial charge < -0.3 is 14.6 Å². The number of hydrogen-bond acceptors (Lipinski definition) is 6. The predicted octanol–water partition coefficient (Wildman–Crippen LogP) is 6.31. The third kappa shape index (κ3) is 5.60. The normalized spacial score (nSPS) is 20.5. The number of carbonyl (C=O) groups is 2. The summed E-state index contributed by atoms with van der Waals surface area (Å²) in [4.78, 5) is 28.1. The van der Waals surface area contributed by atoms with Crippen molar-refractivity contribution in [2.75, 3.05) is 5.75 Å². The monoisotopic (exact) mass is 551 g/mol. The number of hydrogen-bond donors (Lipinski definition) is 1. The third-order valence-electron chi connectivity index (χ3n) is 7.26. The van der Waals surface area contributed by atoms with Crippen LogP contribution in [0.5, 0.6) is 0 Å². The van der Waals surface area contributed by atoms with E-state index in [1.165, 1.54) is 9.80 Å². The molecule has 2 heterocycles. The number of aliphatic hydroxyl groups is 1. The lowest BCUT2D eigenvalue weighted by Crippen LogP contribution is -2.31. The molecule has 0 aromatic heterocycles. The van der Waals surface area contributed by atoms with Crippen LogP contribution >= 0.6 is 11.8 Å². The Kier molecular flexibility index (Phi) is 7.80. The minimum absolute atomic E-state index is 0.000933. The van der Waals surface area contributed by atoms with Crippen LogP contribution in [-0.2, 0) is 22.6 Å². The molecule has 1 N–H and O–H groups in total. The van der Waals surface area contributed by atoms with E-state index in [2.05, 4.69) is 12.1 Å². The van der Waals surface area contributed by atoms with Crippen LogP contribution in [0.3, 0.4) is 0 Å². The molecule has 2 aliphatic heterocycles. The summed E-state index contributed by atoms with van der Waals surface area (Å²) in [5, 5.41) is 9.44. The maximum Gasteiger partial charge on any atom is 0.261 e. The molecule has 2 amide bonds. The number of carbonyl (C=O) groups excluding carboxylic acids is 2. The lowest BCUT2D eigenvalue weighted by atomic mass is 10.0. The van der Waals surface area contributed by atoms with Gasteiger partial charge >= 0.3 is 0 Å². The topological polar surface area (TPSA) is 76.1 Å². The molecule has 0 spiro atoms. The summed E-state index contributed by atoms with van der Waals surface area (Å²) in [5.41, 5.74) is 4.52. The van der Waals surface area contributed by atoms with Gasteiger partial charge in [0.15, 0.2) is 6.29 Å². The van der Waals surface area contributed by atoms with E-state index in [9.17, 15) is 14.7 Å². The minimum Gasteiger partial charge on any atom is -0.392 e. The summed E-state index contributed by atoms with van der Waals surface area (Å²) in [7, 11) is 0. The van der Waals surface area contributed by atoms with Crippen LogP contribution in [-0.4, -0.2) is 33.7 Å². The van der Waals surface area contributed by atoms with E-state index < -0.39 is 6.29 Å². The molecule has 4 aromatic rings. The molecule has 0 unspecified atom stereocenters. The number of aliphatic hydroxyl groups excluding tert-OH is 1. The molecular formula is C33H29NO5S. The number of imide groups is 1. The van der Waals surface area contributed by atoms with Crippen molar-refractivity contribution in [3.63, 3.8) is 0 Å². The second-order valence-corrected chi connectivity index (χ2v) is 11.1. The maximum atomic E-state index is 12.8. The summed E-state index contributed by atoms with van der Waals surface area (Å²) in [5.74, 6) is 0.252. The molecule has 0 bridgehead atoms. The van der Waals surface area contributed by atoms with Crippen LogP contribution in [0.1, 0.15) is 61.8 Å². The molecule has 0 radical (unpaired) electrons.